The third-order valence-electron chi connectivity index (χ3n) is 2.73. The lowest BCUT2D eigenvalue weighted by molar-refractivity contribution is -0.144. The Morgan fingerprint density at radius 1 is 1.28 bits per heavy atom. The molecule has 0 fully saturated rings. The fourth-order valence-corrected chi connectivity index (χ4v) is 1.53. The zero-order valence-electron chi connectivity index (χ0n) is 11.5. The summed E-state index contributed by atoms with van der Waals surface area (Å²) in [6, 6.07) is 9.33. The van der Waals surface area contributed by atoms with Crippen molar-refractivity contribution >= 4 is 5.97 Å². The van der Waals surface area contributed by atoms with E-state index in [4.69, 9.17) is 10.5 Å². The van der Waals surface area contributed by atoms with Crippen LogP contribution < -0.4 is 5.73 Å². The second-order valence-electron chi connectivity index (χ2n) is 5.75. The Hall–Kier alpha value is -1.35. The highest BCUT2D eigenvalue weighted by atomic mass is 16.5. The molecule has 18 heavy (non-hydrogen) atoms. The van der Waals surface area contributed by atoms with Crippen LogP contribution in [0.5, 0.6) is 0 Å². The molecule has 0 saturated carbocycles. The maximum atomic E-state index is 11.6. The number of hydrogen-bond acceptors (Lipinski definition) is 3. The van der Waals surface area contributed by atoms with Gasteiger partial charge < -0.3 is 10.5 Å². The van der Waals surface area contributed by atoms with Crippen LogP contribution in [-0.4, -0.2) is 12.6 Å². The summed E-state index contributed by atoms with van der Waals surface area (Å²) in [5.74, 6) is -0.226. The fraction of sp³-hybridized carbons (Fsp3) is 0.533. The lowest BCUT2D eigenvalue weighted by Crippen LogP contribution is -2.19. The topological polar surface area (TPSA) is 52.3 Å². The van der Waals surface area contributed by atoms with Gasteiger partial charge in [-0.1, -0.05) is 51.1 Å². The van der Waals surface area contributed by atoms with Crippen molar-refractivity contribution < 1.29 is 9.53 Å². The molecule has 3 heteroatoms. The zero-order chi connectivity index (χ0) is 13.6. The first-order valence-corrected chi connectivity index (χ1v) is 6.34. The van der Waals surface area contributed by atoms with Crippen LogP contribution in [0.15, 0.2) is 30.3 Å². The Balaban J connectivity index is 2.32. The third-order valence-corrected chi connectivity index (χ3v) is 2.73. The molecule has 1 aromatic carbocycles. The molecule has 0 amide bonds. The molecular weight excluding hydrogens is 226 g/mol. The van der Waals surface area contributed by atoms with E-state index in [9.17, 15) is 4.79 Å². The minimum atomic E-state index is -0.284. The molecule has 1 unspecified atom stereocenters. The van der Waals surface area contributed by atoms with Gasteiger partial charge in [0.25, 0.3) is 0 Å². The number of ether oxygens (including phenoxy) is 1. The van der Waals surface area contributed by atoms with Gasteiger partial charge in [0.05, 0.1) is 13.0 Å². The lowest BCUT2D eigenvalue weighted by atomic mass is 9.93. The highest BCUT2D eigenvalue weighted by Gasteiger charge is 2.14. The predicted octanol–water partition coefficient (Wildman–Crippen LogP) is 3.06. The highest BCUT2D eigenvalue weighted by Crippen LogP contribution is 2.19. The fourth-order valence-electron chi connectivity index (χ4n) is 1.53. The summed E-state index contributed by atoms with van der Waals surface area (Å²) in [5.41, 5.74) is 7.10. The van der Waals surface area contributed by atoms with Gasteiger partial charge in [0, 0.05) is 6.04 Å². The number of rotatable bonds is 5. The third kappa shape index (κ3) is 5.82. The van der Waals surface area contributed by atoms with Crippen molar-refractivity contribution in [2.45, 2.75) is 39.7 Å². The normalized spacial score (nSPS) is 13.1. The van der Waals surface area contributed by atoms with E-state index in [0.717, 1.165) is 12.0 Å². The van der Waals surface area contributed by atoms with Crippen LogP contribution in [0.2, 0.25) is 0 Å². The first kappa shape index (κ1) is 14.7. The maximum Gasteiger partial charge on any atom is 0.307 e. The summed E-state index contributed by atoms with van der Waals surface area (Å²) < 4.78 is 5.19. The van der Waals surface area contributed by atoms with Crippen LogP contribution in [0.25, 0.3) is 0 Å². The largest absolute Gasteiger partial charge is 0.466 e. The molecule has 0 aliphatic rings. The molecule has 3 nitrogen and oxygen atoms in total. The van der Waals surface area contributed by atoms with E-state index in [1.54, 1.807) is 0 Å². The SMILES string of the molecule is CC(C)(C)CCOC(=O)CC(N)c1ccccc1. The summed E-state index contributed by atoms with van der Waals surface area (Å²) >= 11 is 0. The average molecular weight is 249 g/mol. The van der Waals surface area contributed by atoms with Gasteiger partial charge in [-0.2, -0.15) is 0 Å². The van der Waals surface area contributed by atoms with Gasteiger partial charge in [-0.15, -0.1) is 0 Å². The molecule has 0 aromatic heterocycles. The Morgan fingerprint density at radius 3 is 2.44 bits per heavy atom. The minimum Gasteiger partial charge on any atom is -0.466 e. The van der Waals surface area contributed by atoms with E-state index in [1.165, 1.54) is 0 Å². The summed E-state index contributed by atoms with van der Waals surface area (Å²) in [6.45, 7) is 6.83. The monoisotopic (exact) mass is 249 g/mol. The Kier molecular flexibility index (Phi) is 5.35. The molecule has 0 heterocycles. The van der Waals surface area contributed by atoms with Crippen LogP contribution >= 0.6 is 0 Å². The zero-order valence-corrected chi connectivity index (χ0v) is 11.5. The van der Waals surface area contributed by atoms with E-state index >= 15 is 0 Å². The molecule has 0 aliphatic carbocycles. The maximum absolute atomic E-state index is 11.6. The van der Waals surface area contributed by atoms with E-state index < -0.39 is 0 Å². The number of benzene rings is 1. The van der Waals surface area contributed by atoms with Crippen molar-refractivity contribution in [3.8, 4) is 0 Å². The quantitative estimate of drug-likeness (QED) is 0.816. The van der Waals surface area contributed by atoms with Gasteiger partial charge in [-0.3, -0.25) is 4.79 Å². The van der Waals surface area contributed by atoms with Crippen molar-refractivity contribution in [1.29, 1.82) is 0 Å². The van der Waals surface area contributed by atoms with Crippen LogP contribution in [0.4, 0.5) is 0 Å². The smallest absolute Gasteiger partial charge is 0.307 e. The van der Waals surface area contributed by atoms with Crippen molar-refractivity contribution in [3.63, 3.8) is 0 Å². The van der Waals surface area contributed by atoms with Gasteiger partial charge in [0.15, 0.2) is 0 Å². The number of carbonyl (C=O) groups excluding carboxylic acids is 1. The Labute approximate surface area is 109 Å². The van der Waals surface area contributed by atoms with Crippen molar-refractivity contribution in [2.24, 2.45) is 11.1 Å². The van der Waals surface area contributed by atoms with Gasteiger partial charge in [0.1, 0.15) is 0 Å². The number of hydrogen-bond donors (Lipinski definition) is 1. The van der Waals surface area contributed by atoms with E-state index in [1.807, 2.05) is 30.3 Å². The van der Waals surface area contributed by atoms with E-state index in [2.05, 4.69) is 20.8 Å². The van der Waals surface area contributed by atoms with Gasteiger partial charge in [-0.05, 0) is 17.4 Å². The van der Waals surface area contributed by atoms with E-state index in [-0.39, 0.29) is 23.8 Å². The molecule has 2 N–H and O–H groups in total. The first-order valence-electron chi connectivity index (χ1n) is 6.34. The molecule has 1 rings (SSSR count). The predicted molar refractivity (Wildman–Crippen MR) is 73.0 cm³/mol. The van der Waals surface area contributed by atoms with Crippen LogP contribution in [0, 0.1) is 5.41 Å². The second-order valence-corrected chi connectivity index (χ2v) is 5.75. The average Bonchev–Trinajstić information content (AvgIpc) is 2.28. The molecule has 0 radical (unpaired) electrons. The summed E-state index contributed by atoms with van der Waals surface area (Å²) in [4.78, 5) is 11.6. The van der Waals surface area contributed by atoms with Gasteiger partial charge >= 0.3 is 5.97 Å². The molecule has 100 valence electrons. The lowest BCUT2D eigenvalue weighted by Gasteiger charge is -2.18. The number of esters is 1. The van der Waals surface area contributed by atoms with Gasteiger partial charge in [0.2, 0.25) is 0 Å². The summed E-state index contributed by atoms with van der Waals surface area (Å²) in [6.07, 6.45) is 1.09. The number of nitrogens with two attached hydrogens (primary N) is 1. The minimum absolute atomic E-state index is 0.182. The number of carbonyl (C=O) groups is 1. The molecule has 1 aromatic rings. The molecule has 0 aliphatic heterocycles. The van der Waals surface area contributed by atoms with Crippen molar-refractivity contribution in [1.82, 2.24) is 0 Å². The molecule has 0 bridgehead atoms. The molecule has 0 saturated heterocycles. The summed E-state index contributed by atoms with van der Waals surface area (Å²) in [7, 11) is 0. The molecule has 0 spiro atoms. The first-order chi connectivity index (χ1) is 8.38. The molecule has 1 atom stereocenters. The highest BCUT2D eigenvalue weighted by molar-refractivity contribution is 5.70. The van der Waals surface area contributed by atoms with Crippen molar-refractivity contribution in [2.75, 3.05) is 6.61 Å². The Morgan fingerprint density at radius 2 is 1.89 bits per heavy atom. The molecular formula is C15H23NO2. The Bertz CT molecular complexity index is 368. The van der Waals surface area contributed by atoms with Crippen LogP contribution in [0.3, 0.4) is 0 Å². The van der Waals surface area contributed by atoms with Crippen LogP contribution in [0.1, 0.15) is 45.2 Å². The second kappa shape index (κ2) is 6.55. The summed E-state index contributed by atoms with van der Waals surface area (Å²) in [5, 5.41) is 0. The van der Waals surface area contributed by atoms with Gasteiger partial charge in [-0.25, -0.2) is 0 Å². The standard InChI is InChI=1S/C15H23NO2/c1-15(2,3)9-10-18-14(17)11-13(16)12-7-5-4-6-8-12/h4-8,13H,9-11,16H2,1-3H3. The van der Waals surface area contributed by atoms with Crippen LogP contribution in [-0.2, 0) is 9.53 Å². The van der Waals surface area contributed by atoms with E-state index in [0.29, 0.717) is 6.61 Å². The van der Waals surface area contributed by atoms with Crippen molar-refractivity contribution in [3.05, 3.63) is 35.9 Å².